The molecule has 1 aliphatic carbocycles. The average molecular weight is 326 g/mol. The quantitative estimate of drug-likeness (QED) is 0.880. The number of hydrogen-bond donors (Lipinski definition) is 2. The number of H-pyrrole nitrogens is 1. The number of fused-ring (bicyclic) bond motifs is 3. The Morgan fingerprint density at radius 2 is 2.21 bits per heavy atom. The van der Waals surface area contributed by atoms with Gasteiger partial charge in [-0.1, -0.05) is 0 Å². The summed E-state index contributed by atoms with van der Waals surface area (Å²) in [6.45, 7) is 6.40. The zero-order valence-corrected chi connectivity index (χ0v) is 14.2. The lowest BCUT2D eigenvalue weighted by atomic mass is 9.77. The fourth-order valence-corrected chi connectivity index (χ4v) is 4.96. The summed E-state index contributed by atoms with van der Waals surface area (Å²) in [4.78, 5) is 2.61. The molecule has 0 saturated carbocycles. The number of aromatic nitrogens is 4. The van der Waals surface area contributed by atoms with Crippen LogP contribution in [-0.2, 0) is 31.5 Å². The first-order chi connectivity index (χ1) is 11.8. The fraction of sp³-hybridized carbons (Fsp3) is 0.667. The molecule has 5 rings (SSSR count). The van der Waals surface area contributed by atoms with E-state index in [1.54, 1.807) is 0 Å². The van der Waals surface area contributed by atoms with Crippen LogP contribution in [0.3, 0.4) is 0 Å². The Bertz CT molecular complexity index is 708. The molecular weight excluding hydrogens is 300 g/mol. The molecule has 6 heteroatoms. The molecule has 2 N–H and O–H groups in total. The van der Waals surface area contributed by atoms with Crippen LogP contribution in [-0.4, -0.2) is 44.5 Å². The third-order valence-corrected chi connectivity index (χ3v) is 6.11. The lowest BCUT2D eigenvalue weighted by Gasteiger charge is -2.40. The van der Waals surface area contributed by atoms with Gasteiger partial charge in [0, 0.05) is 37.3 Å². The van der Waals surface area contributed by atoms with E-state index in [9.17, 15) is 0 Å². The highest BCUT2D eigenvalue weighted by Crippen LogP contribution is 2.44. The molecule has 0 amide bonds. The Morgan fingerprint density at radius 1 is 1.21 bits per heavy atom. The number of aromatic amines is 1. The monoisotopic (exact) mass is 326 g/mol. The van der Waals surface area contributed by atoms with Crippen molar-refractivity contribution >= 4 is 0 Å². The van der Waals surface area contributed by atoms with Crippen LogP contribution in [0.1, 0.15) is 48.3 Å². The minimum absolute atomic E-state index is 0.308. The van der Waals surface area contributed by atoms with Crippen molar-refractivity contribution in [2.75, 3.05) is 19.6 Å². The second-order valence-corrected chi connectivity index (χ2v) is 7.75. The number of rotatable bonds is 2. The van der Waals surface area contributed by atoms with Crippen LogP contribution in [0.4, 0.5) is 0 Å². The Labute approximate surface area is 142 Å². The van der Waals surface area contributed by atoms with Crippen LogP contribution in [0.25, 0.3) is 0 Å². The van der Waals surface area contributed by atoms with Crippen molar-refractivity contribution in [2.24, 2.45) is 0 Å². The first kappa shape index (κ1) is 14.7. The van der Waals surface area contributed by atoms with Gasteiger partial charge >= 0.3 is 0 Å². The van der Waals surface area contributed by atoms with Gasteiger partial charge in [0.1, 0.15) is 0 Å². The van der Waals surface area contributed by atoms with Gasteiger partial charge in [-0.05, 0) is 56.8 Å². The van der Waals surface area contributed by atoms with E-state index in [1.807, 2.05) is 6.20 Å². The Morgan fingerprint density at radius 3 is 3.21 bits per heavy atom. The molecule has 2 aliphatic heterocycles. The molecule has 24 heavy (non-hydrogen) atoms. The molecule has 1 atom stereocenters. The second-order valence-electron chi connectivity index (χ2n) is 7.75. The Kier molecular flexibility index (Phi) is 3.49. The minimum Gasteiger partial charge on any atom is -0.311 e. The summed E-state index contributed by atoms with van der Waals surface area (Å²) in [5.74, 6) is 0. The Balaban J connectivity index is 1.33. The molecule has 0 radical (unpaired) electrons. The maximum Gasteiger partial charge on any atom is 0.0768 e. The molecule has 1 spiro atoms. The van der Waals surface area contributed by atoms with E-state index < -0.39 is 0 Å². The molecular formula is C18H26N6. The lowest BCUT2D eigenvalue weighted by molar-refractivity contribution is 0.134. The number of likely N-dealkylation sites (tertiary alicyclic amines) is 1. The van der Waals surface area contributed by atoms with Crippen LogP contribution >= 0.6 is 0 Å². The van der Waals surface area contributed by atoms with E-state index in [4.69, 9.17) is 5.10 Å². The molecule has 4 heterocycles. The number of piperidine rings is 1. The minimum atomic E-state index is 0.308. The number of nitrogens with zero attached hydrogens (tertiary/aromatic N) is 4. The zero-order valence-electron chi connectivity index (χ0n) is 14.2. The van der Waals surface area contributed by atoms with E-state index in [0.717, 1.165) is 32.7 Å². The molecule has 1 unspecified atom stereocenters. The highest BCUT2D eigenvalue weighted by atomic mass is 15.3. The first-order valence-electron chi connectivity index (χ1n) is 9.34. The predicted molar refractivity (Wildman–Crippen MR) is 91.6 cm³/mol. The van der Waals surface area contributed by atoms with E-state index >= 15 is 0 Å². The molecule has 0 aromatic carbocycles. The summed E-state index contributed by atoms with van der Waals surface area (Å²) in [6.07, 6.45) is 8.22. The van der Waals surface area contributed by atoms with Gasteiger partial charge in [0.25, 0.3) is 0 Å². The maximum atomic E-state index is 4.87. The molecule has 0 bridgehead atoms. The highest BCUT2D eigenvalue weighted by Gasteiger charge is 2.43. The van der Waals surface area contributed by atoms with Crippen molar-refractivity contribution < 1.29 is 0 Å². The molecule has 2 aromatic rings. The smallest absolute Gasteiger partial charge is 0.0768 e. The van der Waals surface area contributed by atoms with Crippen molar-refractivity contribution in [1.29, 1.82) is 0 Å². The largest absolute Gasteiger partial charge is 0.311 e. The van der Waals surface area contributed by atoms with Gasteiger partial charge in [0.05, 0.1) is 17.6 Å². The van der Waals surface area contributed by atoms with Crippen LogP contribution in [0.5, 0.6) is 0 Å². The summed E-state index contributed by atoms with van der Waals surface area (Å²) in [7, 11) is 0. The van der Waals surface area contributed by atoms with Crippen molar-refractivity contribution in [1.82, 2.24) is 30.2 Å². The van der Waals surface area contributed by atoms with E-state index in [-0.39, 0.29) is 0 Å². The number of nitrogens with one attached hydrogen (secondary N) is 2. The van der Waals surface area contributed by atoms with E-state index in [2.05, 4.69) is 31.2 Å². The lowest BCUT2D eigenvalue weighted by Crippen LogP contribution is -2.44. The maximum absolute atomic E-state index is 4.87. The van der Waals surface area contributed by atoms with Gasteiger partial charge in [0.15, 0.2) is 0 Å². The topological polar surface area (TPSA) is 61.8 Å². The van der Waals surface area contributed by atoms with Crippen LogP contribution in [0.15, 0.2) is 12.3 Å². The van der Waals surface area contributed by atoms with Crippen LogP contribution in [0, 0.1) is 0 Å². The van der Waals surface area contributed by atoms with Gasteiger partial charge in [-0.15, -0.1) is 0 Å². The summed E-state index contributed by atoms with van der Waals surface area (Å²) in [6, 6.07) is 2.30. The summed E-state index contributed by atoms with van der Waals surface area (Å²) in [5.41, 5.74) is 5.73. The molecule has 6 nitrogen and oxygen atoms in total. The van der Waals surface area contributed by atoms with Crippen molar-refractivity contribution in [3.63, 3.8) is 0 Å². The summed E-state index contributed by atoms with van der Waals surface area (Å²) in [5, 5.41) is 15.9. The number of hydrogen-bond acceptors (Lipinski definition) is 4. The van der Waals surface area contributed by atoms with Gasteiger partial charge < -0.3 is 5.32 Å². The molecule has 3 aliphatic rings. The van der Waals surface area contributed by atoms with Gasteiger partial charge in [-0.2, -0.15) is 10.2 Å². The number of aryl methyl sites for hydroxylation is 2. The summed E-state index contributed by atoms with van der Waals surface area (Å²) < 4.78 is 2.21. The predicted octanol–water partition coefficient (Wildman–Crippen LogP) is 1.58. The molecule has 2 aromatic heterocycles. The average Bonchev–Trinajstić information content (AvgIpc) is 3.23. The van der Waals surface area contributed by atoms with Crippen LogP contribution in [0.2, 0.25) is 0 Å². The summed E-state index contributed by atoms with van der Waals surface area (Å²) >= 11 is 0. The fourth-order valence-electron chi connectivity index (χ4n) is 4.96. The van der Waals surface area contributed by atoms with Crippen molar-refractivity contribution in [3.05, 3.63) is 34.9 Å². The van der Waals surface area contributed by atoms with Gasteiger partial charge in [-0.25, -0.2) is 0 Å². The third-order valence-electron chi connectivity index (χ3n) is 6.11. The first-order valence-corrected chi connectivity index (χ1v) is 9.34. The van der Waals surface area contributed by atoms with E-state index in [0.29, 0.717) is 5.41 Å². The van der Waals surface area contributed by atoms with Crippen molar-refractivity contribution in [2.45, 2.75) is 57.2 Å². The van der Waals surface area contributed by atoms with E-state index in [1.165, 1.54) is 61.3 Å². The normalized spacial score (nSPS) is 27.2. The standard InChI is InChI=1S/C18H26N6/c1-4-18(5-3-14-10-20-21-17(14)18)13-23(7-1)12-15-9-16-11-19-6-2-8-24(16)22-15/h9-10,19H,1-8,11-13H2,(H,20,21). The van der Waals surface area contributed by atoms with Gasteiger partial charge in [-0.3, -0.25) is 14.7 Å². The molecule has 128 valence electrons. The third kappa shape index (κ3) is 2.40. The van der Waals surface area contributed by atoms with Crippen LogP contribution < -0.4 is 5.32 Å². The molecule has 1 saturated heterocycles. The molecule has 1 fully saturated rings. The second kappa shape index (κ2) is 5.70. The van der Waals surface area contributed by atoms with Gasteiger partial charge in [0.2, 0.25) is 0 Å². The van der Waals surface area contributed by atoms with Crippen molar-refractivity contribution in [3.8, 4) is 0 Å². The highest BCUT2D eigenvalue weighted by molar-refractivity contribution is 5.33. The SMILES string of the molecule is c1n[nH]c2c1CCC21CCCN(Cc2cc3n(n2)CCCNC3)C1. The Hall–Kier alpha value is -1.66. The zero-order chi connectivity index (χ0) is 16.0.